The quantitative estimate of drug-likeness (QED) is 0.562. The molecule has 39 heavy (non-hydrogen) atoms. The maximum absolute atomic E-state index is 14.0. The van der Waals surface area contributed by atoms with Crippen molar-refractivity contribution in [3.05, 3.63) is 34.6 Å². The van der Waals surface area contributed by atoms with Gasteiger partial charge in [0, 0.05) is 31.2 Å². The molecule has 1 N–H and O–H groups in total. The van der Waals surface area contributed by atoms with E-state index in [0.29, 0.717) is 23.6 Å². The highest BCUT2D eigenvalue weighted by molar-refractivity contribution is 6.32. The molecule has 2 aliphatic heterocycles. The summed E-state index contributed by atoms with van der Waals surface area (Å²) in [5.74, 6) is 0.136. The Morgan fingerprint density at radius 2 is 1.64 bits per heavy atom. The van der Waals surface area contributed by atoms with E-state index in [2.05, 4.69) is 14.9 Å². The van der Waals surface area contributed by atoms with Crippen LogP contribution in [0.4, 0.5) is 5.82 Å². The number of nitrogens with zero attached hydrogens (tertiary/aromatic N) is 5. The van der Waals surface area contributed by atoms with Gasteiger partial charge in [-0.25, -0.2) is 4.98 Å². The van der Waals surface area contributed by atoms with Crippen LogP contribution in [0.2, 0.25) is 0 Å². The van der Waals surface area contributed by atoms with Crippen LogP contribution in [0.15, 0.2) is 34.1 Å². The van der Waals surface area contributed by atoms with Gasteiger partial charge in [0.05, 0.1) is 17.2 Å². The lowest BCUT2D eigenvalue weighted by molar-refractivity contribution is -0.135. The molecule has 2 saturated heterocycles. The number of para-hydroxylation sites is 2. The monoisotopic (exact) mass is 533 g/mol. The van der Waals surface area contributed by atoms with E-state index in [1.54, 1.807) is 0 Å². The number of aliphatic carboxylic acids is 1. The molecule has 3 heterocycles. The second-order valence-corrected chi connectivity index (χ2v) is 12.2. The van der Waals surface area contributed by atoms with Gasteiger partial charge in [0.1, 0.15) is 6.54 Å². The summed E-state index contributed by atoms with van der Waals surface area (Å²) >= 11 is 0. The zero-order valence-electron chi connectivity index (χ0n) is 22.7. The van der Waals surface area contributed by atoms with E-state index in [4.69, 9.17) is 5.11 Å². The largest absolute Gasteiger partial charge is 0.480 e. The first kappa shape index (κ1) is 26.2. The average Bonchev–Trinajstić information content (AvgIpc) is 2.91. The number of carboxylic acid groups (broad SMARTS) is 1. The van der Waals surface area contributed by atoms with Crippen LogP contribution >= 0.6 is 0 Å². The molecule has 1 aromatic carbocycles. The first-order valence-electron chi connectivity index (χ1n) is 14.7. The van der Waals surface area contributed by atoms with E-state index in [0.717, 1.165) is 36.4 Å². The molecule has 2 saturated carbocycles. The first-order chi connectivity index (χ1) is 18.9. The predicted octanol–water partition coefficient (Wildman–Crippen LogP) is 4.04. The normalized spacial score (nSPS) is 30.9. The highest BCUT2D eigenvalue weighted by atomic mass is 16.4. The van der Waals surface area contributed by atoms with Gasteiger partial charge in [0.25, 0.3) is 11.5 Å². The molecule has 4 bridgehead atoms. The summed E-state index contributed by atoms with van der Waals surface area (Å²) in [6.45, 7) is -0.501. The van der Waals surface area contributed by atoms with Gasteiger partial charge in [-0.1, -0.05) is 37.8 Å². The zero-order valence-corrected chi connectivity index (χ0v) is 22.7. The third-order valence-corrected chi connectivity index (χ3v) is 9.75. The minimum Gasteiger partial charge on any atom is -0.480 e. The van der Waals surface area contributed by atoms with Gasteiger partial charge < -0.3 is 9.67 Å². The summed E-state index contributed by atoms with van der Waals surface area (Å²) in [4.78, 5) is 49.9. The molecule has 0 radical (unpaired) electrons. The van der Waals surface area contributed by atoms with Gasteiger partial charge in [-0.15, -0.1) is 0 Å². The maximum atomic E-state index is 14.0. The van der Waals surface area contributed by atoms with Gasteiger partial charge in [-0.3, -0.25) is 29.2 Å². The van der Waals surface area contributed by atoms with Crippen LogP contribution in [-0.2, 0) is 9.59 Å². The molecule has 5 atom stereocenters. The summed E-state index contributed by atoms with van der Waals surface area (Å²) in [5.41, 5.74) is 1.19. The fourth-order valence-electron chi connectivity index (χ4n) is 8.25. The number of carbonyl (C=O) groups is 2. The van der Waals surface area contributed by atoms with Crippen LogP contribution in [0.5, 0.6) is 0 Å². The van der Waals surface area contributed by atoms with Crippen molar-refractivity contribution in [3.63, 3.8) is 0 Å². The molecular formula is C30H39N5O4. The number of aromatic nitrogens is 2. The Morgan fingerprint density at radius 3 is 2.33 bits per heavy atom. The van der Waals surface area contributed by atoms with E-state index in [-0.39, 0.29) is 17.4 Å². The number of amides is 1. The van der Waals surface area contributed by atoms with E-state index in [9.17, 15) is 14.4 Å². The molecule has 4 fully saturated rings. The lowest BCUT2D eigenvalue weighted by Gasteiger charge is -2.55. The fraction of sp³-hybridized carbons (Fsp3) is 0.633. The smallest absolute Gasteiger partial charge is 0.325 e. The van der Waals surface area contributed by atoms with E-state index < -0.39 is 18.4 Å². The fourth-order valence-corrected chi connectivity index (χ4v) is 8.25. The number of hydrogen-bond donors (Lipinski definition) is 1. The number of carboxylic acids is 1. The Balaban J connectivity index is 1.31. The van der Waals surface area contributed by atoms with Crippen molar-refractivity contribution >= 4 is 34.9 Å². The van der Waals surface area contributed by atoms with Crippen LogP contribution in [0.1, 0.15) is 76.7 Å². The molecule has 3 unspecified atom stereocenters. The van der Waals surface area contributed by atoms with E-state index >= 15 is 0 Å². The number of carbonyl (C=O) groups excluding carboxylic acids is 1. The minimum atomic E-state index is -1.12. The molecule has 1 amide bonds. The number of piperidine rings is 2. The maximum Gasteiger partial charge on any atom is 0.325 e. The van der Waals surface area contributed by atoms with Crippen molar-refractivity contribution < 1.29 is 14.7 Å². The van der Waals surface area contributed by atoms with Crippen molar-refractivity contribution in [3.8, 4) is 0 Å². The lowest BCUT2D eigenvalue weighted by atomic mass is 9.68. The molecule has 208 valence electrons. The van der Waals surface area contributed by atoms with Crippen LogP contribution in [0.3, 0.4) is 0 Å². The molecule has 0 spiro atoms. The molecule has 2 aliphatic carbocycles. The van der Waals surface area contributed by atoms with Gasteiger partial charge in [-0.2, -0.15) is 0 Å². The highest BCUT2D eigenvalue weighted by Gasteiger charge is 2.45. The van der Waals surface area contributed by atoms with Crippen molar-refractivity contribution in [1.82, 2.24) is 14.5 Å². The Labute approximate surface area is 228 Å². The third-order valence-electron chi connectivity index (χ3n) is 9.75. The summed E-state index contributed by atoms with van der Waals surface area (Å²) < 4.78 is 1.90. The van der Waals surface area contributed by atoms with Crippen molar-refractivity contribution in [2.45, 2.75) is 94.8 Å². The third kappa shape index (κ3) is 5.13. The first-order valence-corrected chi connectivity index (χ1v) is 14.7. The second kappa shape index (κ2) is 10.8. The molecule has 9 heteroatoms. The standard InChI is InChI=1S/C30H39N5O4/c1-33(27(36)17-31-18-28(37)38)29-30(39)35(26-11-3-2-10-25(26)32-29)24-15-21-8-5-9-22(16-24)34(21)23-13-19-6-4-7-20(12-19)14-23/h2-3,10-11,17,19-24H,4-9,12-16,18H2,1H3,(H,37,38)/t19?,20?,21-,22?,23?,24+/m1/s1. The number of fused-ring (bicyclic) bond motifs is 5. The molecule has 2 aromatic rings. The molecular weight excluding hydrogens is 494 g/mol. The SMILES string of the molecule is CN(C(=O)C=NCC(=O)O)c1nc2ccccc2n([C@@H]2CC3CCC[C@H](C2)N3C2CC3CCCC(C3)C2)c1=O. The number of benzene rings is 1. The predicted molar refractivity (Wildman–Crippen MR) is 150 cm³/mol. The Kier molecular flexibility index (Phi) is 7.27. The van der Waals surface area contributed by atoms with Crippen molar-refractivity contribution in [2.75, 3.05) is 18.5 Å². The molecule has 9 nitrogen and oxygen atoms in total. The van der Waals surface area contributed by atoms with Gasteiger partial charge in [0.15, 0.2) is 0 Å². The Bertz CT molecular complexity index is 1310. The summed E-state index contributed by atoms with van der Waals surface area (Å²) in [5, 5.41) is 8.83. The average molecular weight is 534 g/mol. The highest BCUT2D eigenvalue weighted by Crippen LogP contribution is 2.47. The van der Waals surface area contributed by atoms with Crippen LogP contribution in [-0.4, -0.2) is 69.4 Å². The minimum absolute atomic E-state index is 0.0444. The number of anilines is 1. The van der Waals surface area contributed by atoms with E-state index in [1.165, 1.54) is 69.7 Å². The zero-order chi connectivity index (χ0) is 27.1. The lowest BCUT2D eigenvalue weighted by Crippen LogP contribution is -2.58. The molecule has 1 aromatic heterocycles. The molecule has 6 rings (SSSR count). The summed E-state index contributed by atoms with van der Waals surface area (Å²) in [6, 6.07) is 9.34. The van der Waals surface area contributed by atoms with Gasteiger partial charge in [-0.05, 0) is 68.9 Å². The van der Waals surface area contributed by atoms with Gasteiger partial charge >= 0.3 is 5.97 Å². The summed E-state index contributed by atoms with van der Waals surface area (Å²) in [6.07, 6.45) is 14.8. The Hall–Kier alpha value is -3.07. The topological polar surface area (TPSA) is 108 Å². The Morgan fingerprint density at radius 1 is 0.974 bits per heavy atom. The molecule has 4 aliphatic rings. The number of rotatable bonds is 6. The van der Waals surface area contributed by atoms with Crippen molar-refractivity contribution in [2.24, 2.45) is 16.8 Å². The van der Waals surface area contributed by atoms with Crippen LogP contribution in [0, 0.1) is 11.8 Å². The summed E-state index contributed by atoms with van der Waals surface area (Å²) in [7, 11) is 1.50. The van der Waals surface area contributed by atoms with Gasteiger partial charge in [0.2, 0.25) is 5.82 Å². The van der Waals surface area contributed by atoms with Crippen LogP contribution in [0.25, 0.3) is 11.0 Å². The van der Waals surface area contributed by atoms with Crippen molar-refractivity contribution in [1.29, 1.82) is 0 Å². The van der Waals surface area contributed by atoms with E-state index in [1.807, 2.05) is 28.8 Å². The second-order valence-electron chi connectivity index (χ2n) is 12.2. The number of aliphatic imine (C=N–C) groups is 1. The van der Waals surface area contributed by atoms with Crippen LogP contribution < -0.4 is 10.5 Å². The number of hydrogen-bond acceptors (Lipinski definition) is 6.